The largest absolute Gasteiger partial charge is 0.768 e. The van der Waals surface area contributed by atoms with E-state index in [-0.39, 0.29) is 0 Å². The number of hydrogen-bond donors (Lipinski definition) is 0. The Kier molecular flexibility index (Phi) is 5.30. The van der Waals surface area contributed by atoms with E-state index >= 15 is 0 Å². The van der Waals surface area contributed by atoms with Gasteiger partial charge in [0.15, 0.2) is 5.65 Å². The second-order valence-corrected chi connectivity index (χ2v) is 8.06. The summed E-state index contributed by atoms with van der Waals surface area (Å²) in [4.78, 5) is 9.83. The molecule has 4 aromatic rings. The van der Waals surface area contributed by atoms with Crippen molar-refractivity contribution in [1.29, 1.82) is 0 Å². The molecule has 29 heavy (non-hydrogen) atoms. The first kappa shape index (κ1) is 19.5. The summed E-state index contributed by atoms with van der Waals surface area (Å²) in [6, 6.07) is 17.1. The van der Waals surface area contributed by atoms with Gasteiger partial charge >= 0.3 is 0 Å². The van der Waals surface area contributed by atoms with Crippen molar-refractivity contribution >= 4 is 22.2 Å². The average Bonchev–Trinajstić information content (AvgIpc) is 3.06. The SMILES string of the molecule is CCc1nc2c(C)cc(C)nc2n1Cc1ccc(-c2ccccc2S(=O)[O-])cc1. The van der Waals surface area contributed by atoms with Crippen LogP contribution in [0.15, 0.2) is 59.5 Å². The highest BCUT2D eigenvalue weighted by atomic mass is 32.2. The van der Waals surface area contributed by atoms with E-state index in [2.05, 4.69) is 24.5 Å². The van der Waals surface area contributed by atoms with Gasteiger partial charge in [-0.3, -0.25) is 4.21 Å². The zero-order chi connectivity index (χ0) is 20.5. The molecule has 0 spiro atoms. The van der Waals surface area contributed by atoms with E-state index in [0.29, 0.717) is 17.0 Å². The Morgan fingerprint density at radius 3 is 2.45 bits per heavy atom. The summed E-state index contributed by atoms with van der Waals surface area (Å²) in [6.07, 6.45) is 0.829. The molecule has 1 unspecified atom stereocenters. The predicted molar refractivity (Wildman–Crippen MR) is 115 cm³/mol. The third-order valence-corrected chi connectivity index (χ3v) is 5.80. The number of benzene rings is 2. The number of nitrogens with zero attached hydrogens (tertiary/aromatic N) is 3. The van der Waals surface area contributed by atoms with Crippen LogP contribution in [0.5, 0.6) is 0 Å². The quantitative estimate of drug-likeness (QED) is 0.457. The van der Waals surface area contributed by atoms with Gasteiger partial charge in [-0.1, -0.05) is 49.4 Å². The number of rotatable bonds is 5. The summed E-state index contributed by atoms with van der Waals surface area (Å²) >= 11 is -2.27. The van der Waals surface area contributed by atoms with Gasteiger partial charge in [-0.25, -0.2) is 9.97 Å². The van der Waals surface area contributed by atoms with Crippen LogP contribution >= 0.6 is 0 Å². The Hall–Kier alpha value is -2.83. The fourth-order valence-electron chi connectivity index (χ4n) is 3.71. The Morgan fingerprint density at radius 1 is 1.03 bits per heavy atom. The van der Waals surface area contributed by atoms with Gasteiger partial charge < -0.3 is 9.12 Å². The van der Waals surface area contributed by atoms with Crippen LogP contribution in [0.2, 0.25) is 0 Å². The molecule has 0 saturated heterocycles. The lowest BCUT2D eigenvalue weighted by Gasteiger charge is -2.13. The van der Waals surface area contributed by atoms with Crippen molar-refractivity contribution in [3.05, 3.63) is 77.2 Å². The van der Waals surface area contributed by atoms with E-state index in [1.54, 1.807) is 12.1 Å². The maximum absolute atomic E-state index is 11.5. The van der Waals surface area contributed by atoms with E-state index in [0.717, 1.165) is 45.8 Å². The monoisotopic (exact) mass is 404 g/mol. The van der Waals surface area contributed by atoms with Crippen LogP contribution < -0.4 is 0 Å². The van der Waals surface area contributed by atoms with E-state index in [9.17, 15) is 8.76 Å². The summed E-state index contributed by atoms with van der Waals surface area (Å²) in [5.74, 6) is 1.01. The van der Waals surface area contributed by atoms with Crippen LogP contribution in [0.1, 0.15) is 29.6 Å². The molecule has 0 amide bonds. The number of aromatic nitrogens is 3. The maximum atomic E-state index is 11.5. The van der Waals surface area contributed by atoms with Gasteiger partial charge in [0.25, 0.3) is 0 Å². The first-order valence-corrected chi connectivity index (χ1v) is 10.7. The molecule has 0 bridgehead atoms. The molecule has 148 valence electrons. The second kappa shape index (κ2) is 7.89. The van der Waals surface area contributed by atoms with Crippen LogP contribution in [-0.2, 0) is 24.0 Å². The summed E-state index contributed by atoms with van der Waals surface area (Å²) in [5, 5.41) is 0. The minimum atomic E-state index is -2.27. The molecule has 2 aromatic heterocycles. The third kappa shape index (κ3) is 3.73. The summed E-state index contributed by atoms with van der Waals surface area (Å²) in [7, 11) is 0. The minimum absolute atomic E-state index is 0.310. The minimum Gasteiger partial charge on any atom is -0.768 e. The molecule has 0 aliphatic heterocycles. The second-order valence-electron chi connectivity index (χ2n) is 7.15. The van der Waals surface area contributed by atoms with Crippen molar-refractivity contribution in [2.24, 2.45) is 0 Å². The lowest BCUT2D eigenvalue weighted by molar-refractivity contribution is 0.537. The van der Waals surface area contributed by atoms with Crippen molar-refractivity contribution in [1.82, 2.24) is 14.5 Å². The molecule has 0 N–H and O–H groups in total. The lowest BCUT2D eigenvalue weighted by atomic mass is 10.0. The van der Waals surface area contributed by atoms with E-state index in [4.69, 9.17) is 9.97 Å². The summed E-state index contributed by atoms with van der Waals surface area (Å²) in [6.45, 7) is 6.84. The topological polar surface area (TPSA) is 70.8 Å². The van der Waals surface area contributed by atoms with Gasteiger partial charge in [0.05, 0.1) is 6.54 Å². The maximum Gasteiger partial charge on any atom is 0.160 e. The Labute approximate surface area is 172 Å². The van der Waals surface area contributed by atoms with Gasteiger partial charge in [-0.2, -0.15) is 0 Å². The summed E-state index contributed by atoms with van der Waals surface area (Å²) in [5.41, 5.74) is 6.69. The average molecular weight is 405 g/mol. The fraction of sp³-hybridized carbons (Fsp3) is 0.217. The van der Waals surface area contributed by atoms with Crippen LogP contribution in [0.25, 0.3) is 22.3 Å². The van der Waals surface area contributed by atoms with Gasteiger partial charge in [0.2, 0.25) is 0 Å². The van der Waals surface area contributed by atoms with Crippen LogP contribution in [-0.4, -0.2) is 23.3 Å². The molecule has 0 radical (unpaired) electrons. The number of imidazole rings is 1. The number of hydrogen-bond acceptors (Lipinski definition) is 4. The van der Waals surface area contributed by atoms with E-state index in [1.807, 2.05) is 43.3 Å². The molecule has 2 heterocycles. The molecule has 5 nitrogen and oxygen atoms in total. The predicted octanol–water partition coefficient (Wildman–Crippen LogP) is 4.56. The highest BCUT2D eigenvalue weighted by Crippen LogP contribution is 2.27. The lowest BCUT2D eigenvalue weighted by Crippen LogP contribution is -2.05. The molecule has 0 saturated carbocycles. The zero-order valence-electron chi connectivity index (χ0n) is 16.7. The van der Waals surface area contributed by atoms with E-state index in [1.165, 1.54) is 0 Å². The van der Waals surface area contributed by atoms with Gasteiger partial charge in [0.1, 0.15) is 11.3 Å². The Bertz CT molecular complexity index is 1210. The van der Waals surface area contributed by atoms with Crippen LogP contribution in [0, 0.1) is 13.8 Å². The standard InChI is InChI=1S/C23H23N3O2S/c1-4-21-25-22-15(2)13-16(3)24-23(22)26(21)14-17-9-11-18(12-10-17)19-7-5-6-8-20(19)29(27)28/h5-13H,4,14H2,1-3H3,(H,27,28)/p-1. The van der Waals surface area contributed by atoms with E-state index < -0.39 is 11.1 Å². The van der Waals surface area contributed by atoms with Crippen molar-refractivity contribution in [2.75, 3.05) is 0 Å². The molecular formula is C23H22N3O2S-. The highest BCUT2D eigenvalue weighted by molar-refractivity contribution is 7.79. The van der Waals surface area contributed by atoms with Crippen molar-refractivity contribution in [2.45, 2.75) is 38.6 Å². The smallest absolute Gasteiger partial charge is 0.160 e. The van der Waals surface area contributed by atoms with Crippen molar-refractivity contribution < 1.29 is 8.76 Å². The highest BCUT2D eigenvalue weighted by Gasteiger charge is 2.14. The third-order valence-electron chi connectivity index (χ3n) is 5.09. The van der Waals surface area contributed by atoms with Crippen LogP contribution in [0.4, 0.5) is 0 Å². The molecule has 2 aromatic carbocycles. The number of aryl methyl sites for hydroxylation is 3. The summed E-state index contributed by atoms with van der Waals surface area (Å²) < 4.78 is 25.2. The Balaban J connectivity index is 1.71. The van der Waals surface area contributed by atoms with Gasteiger partial charge in [-0.15, -0.1) is 0 Å². The molecule has 0 fully saturated rings. The van der Waals surface area contributed by atoms with Crippen molar-refractivity contribution in [3.8, 4) is 11.1 Å². The van der Waals surface area contributed by atoms with Gasteiger partial charge in [0, 0.05) is 17.0 Å². The molecule has 1 atom stereocenters. The fourth-order valence-corrected chi connectivity index (χ4v) is 4.26. The zero-order valence-corrected chi connectivity index (χ0v) is 17.5. The molecule has 6 heteroatoms. The van der Waals surface area contributed by atoms with Crippen molar-refractivity contribution in [3.63, 3.8) is 0 Å². The molecular weight excluding hydrogens is 382 g/mol. The number of pyridine rings is 1. The normalized spacial score (nSPS) is 12.4. The molecule has 4 rings (SSSR count). The first-order chi connectivity index (χ1) is 14.0. The first-order valence-electron chi connectivity index (χ1n) is 9.59. The van der Waals surface area contributed by atoms with Gasteiger partial charge in [-0.05, 0) is 59.3 Å². The van der Waals surface area contributed by atoms with Crippen LogP contribution in [0.3, 0.4) is 0 Å². The molecule has 0 aliphatic carbocycles. The molecule has 0 aliphatic rings. The Morgan fingerprint density at radius 2 is 1.76 bits per heavy atom. The number of fused-ring (bicyclic) bond motifs is 1.